The SMILES string of the molecule is CCCC(CN)C(=O)NCC(CC)(CC)SC. The van der Waals surface area contributed by atoms with Gasteiger partial charge in [0.15, 0.2) is 0 Å². The highest BCUT2D eigenvalue weighted by Gasteiger charge is 2.26. The fourth-order valence-corrected chi connectivity index (χ4v) is 2.75. The number of hydrogen-bond donors (Lipinski definition) is 2. The summed E-state index contributed by atoms with van der Waals surface area (Å²) in [6.07, 6.45) is 6.15. The summed E-state index contributed by atoms with van der Waals surface area (Å²) >= 11 is 1.85. The summed E-state index contributed by atoms with van der Waals surface area (Å²) in [4.78, 5) is 12.0. The van der Waals surface area contributed by atoms with Crippen LogP contribution in [-0.2, 0) is 4.79 Å². The Morgan fingerprint density at radius 3 is 2.29 bits per heavy atom. The summed E-state index contributed by atoms with van der Waals surface area (Å²) in [5.74, 6) is 0.0999. The molecule has 1 amide bonds. The van der Waals surface area contributed by atoms with Crippen LogP contribution in [0.5, 0.6) is 0 Å². The maximum atomic E-state index is 12.0. The molecule has 4 heteroatoms. The second-order valence-electron chi connectivity index (χ2n) is 4.53. The molecule has 0 saturated heterocycles. The lowest BCUT2D eigenvalue weighted by Crippen LogP contribution is -2.43. The van der Waals surface area contributed by atoms with Gasteiger partial charge in [0, 0.05) is 17.8 Å². The van der Waals surface area contributed by atoms with Crippen molar-refractivity contribution in [3.8, 4) is 0 Å². The number of thioether (sulfide) groups is 1. The topological polar surface area (TPSA) is 55.1 Å². The zero-order valence-corrected chi connectivity index (χ0v) is 12.5. The van der Waals surface area contributed by atoms with Gasteiger partial charge < -0.3 is 11.1 Å². The van der Waals surface area contributed by atoms with E-state index in [2.05, 4.69) is 32.3 Å². The number of hydrogen-bond acceptors (Lipinski definition) is 3. The average molecular weight is 260 g/mol. The van der Waals surface area contributed by atoms with E-state index in [1.54, 1.807) is 0 Å². The van der Waals surface area contributed by atoms with Crippen molar-refractivity contribution in [1.29, 1.82) is 0 Å². The third-order valence-electron chi connectivity index (χ3n) is 3.60. The van der Waals surface area contributed by atoms with E-state index in [9.17, 15) is 4.79 Å². The van der Waals surface area contributed by atoms with E-state index in [0.29, 0.717) is 6.54 Å². The summed E-state index contributed by atoms with van der Waals surface area (Å²) in [6, 6.07) is 0. The lowest BCUT2D eigenvalue weighted by Gasteiger charge is -2.30. The number of amides is 1. The molecule has 0 spiro atoms. The first kappa shape index (κ1) is 16.8. The monoisotopic (exact) mass is 260 g/mol. The maximum Gasteiger partial charge on any atom is 0.224 e. The molecule has 1 unspecified atom stereocenters. The zero-order valence-electron chi connectivity index (χ0n) is 11.7. The zero-order chi connectivity index (χ0) is 13.3. The van der Waals surface area contributed by atoms with Crippen molar-refractivity contribution in [2.45, 2.75) is 51.2 Å². The van der Waals surface area contributed by atoms with Gasteiger partial charge in [0.25, 0.3) is 0 Å². The van der Waals surface area contributed by atoms with Crippen LogP contribution in [0.3, 0.4) is 0 Å². The van der Waals surface area contributed by atoms with Gasteiger partial charge >= 0.3 is 0 Å². The van der Waals surface area contributed by atoms with Crippen LogP contribution in [0.15, 0.2) is 0 Å². The molecule has 0 heterocycles. The van der Waals surface area contributed by atoms with Crippen molar-refractivity contribution in [1.82, 2.24) is 5.32 Å². The fourth-order valence-electron chi connectivity index (χ4n) is 1.96. The van der Waals surface area contributed by atoms with Crippen molar-refractivity contribution < 1.29 is 4.79 Å². The fraction of sp³-hybridized carbons (Fsp3) is 0.923. The summed E-state index contributed by atoms with van der Waals surface area (Å²) in [6.45, 7) is 7.64. The number of nitrogens with one attached hydrogen (secondary N) is 1. The molecule has 0 bridgehead atoms. The van der Waals surface area contributed by atoms with Crippen molar-refractivity contribution in [2.24, 2.45) is 11.7 Å². The van der Waals surface area contributed by atoms with Crippen LogP contribution in [-0.4, -0.2) is 30.0 Å². The number of nitrogens with two attached hydrogens (primary N) is 1. The van der Waals surface area contributed by atoms with Crippen LogP contribution in [0.25, 0.3) is 0 Å². The van der Waals surface area contributed by atoms with Gasteiger partial charge in [-0.15, -0.1) is 0 Å². The smallest absolute Gasteiger partial charge is 0.224 e. The van der Waals surface area contributed by atoms with Crippen LogP contribution < -0.4 is 11.1 Å². The molecule has 102 valence electrons. The molecule has 3 nitrogen and oxygen atoms in total. The molecule has 0 aliphatic rings. The first-order valence-corrected chi connectivity index (χ1v) is 7.84. The molecule has 3 N–H and O–H groups in total. The third kappa shape index (κ3) is 5.30. The highest BCUT2D eigenvalue weighted by atomic mass is 32.2. The minimum absolute atomic E-state index is 0.0201. The van der Waals surface area contributed by atoms with E-state index in [-0.39, 0.29) is 16.6 Å². The van der Waals surface area contributed by atoms with Gasteiger partial charge in [0.2, 0.25) is 5.91 Å². The van der Waals surface area contributed by atoms with Crippen molar-refractivity contribution >= 4 is 17.7 Å². The first-order chi connectivity index (χ1) is 8.09. The summed E-state index contributed by atoms with van der Waals surface area (Å²) in [7, 11) is 0. The van der Waals surface area contributed by atoms with Gasteiger partial charge in [-0.2, -0.15) is 11.8 Å². The van der Waals surface area contributed by atoms with Crippen molar-refractivity contribution in [3.63, 3.8) is 0 Å². The number of carbonyl (C=O) groups is 1. The Hall–Kier alpha value is -0.220. The minimum atomic E-state index is -0.0201. The van der Waals surface area contributed by atoms with Crippen molar-refractivity contribution in [3.05, 3.63) is 0 Å². The van der Waals surface area contributed by atoms with Crippen LogP contribution in [0.4, 0.5) is 0 Å². The number of rotatable bonds is 9. The van der Waals surface area contributed by atoms with E-state index in [1.165, 1.54) is 0 Å². The molecule has 17 heavy (non-hydrogen) atoms. The van der Waals surface area contributed by atoms with Gasteiger partial charge in [-0.1, -0.05) is 27.2 Å². The Kier molecular flexibility index (Phi) is 8.70. The molecule has 1 atom stereocenters. The average Bonchev–Trinajstić information content (AvgIpc) is 2.38. The van der Waals surface area contributed by atoms with Crippen LogP contribution in [0.1, 0.15) is 46.5 Å². The van der Waals surface area contributed by atoms with Gasteiger partial charge in [0.05, 0.1) is 5.92 Å². The van der Waals surface area contributed by atoms with Gasteiger partial charge in [-0.3, -0.25) is 4.79 Å². The van der Waals surface area contributed by atoms with Crippen molar-refractivity contribution in [2.75, 3.05) is 19.3 Å². The molecule has 0 saturated carbocycles. The van der Waals surface area contributed by atoms with E-state index in [1.807, 2.05) is 11.8 Å². The second-order valence-corrected chi connectivity index (χ2v) is 5.81. The molecule has 0 aliphatic carbocycles. The van der Waals surface area contributed by atoms with Crippen LogP contribution in [0.2, 0.25) is 0 Å². The van der Waals surface area contributed by atoms with Crippen LogP contribution in [0, 0.1) is 5.92 Å². The highest BCUT2D eigenvalue weighted by molar-refractivity contribution is 8.00. The Morgan fingerprint density at radius 2 is 1.94 bits per heavy atom. The molecule has 0 fully saturated rings. The molecular formula is C13H28N2OS. The highest BCUT2D eigenvalue weighted by Crippen LogP contribution is 2.29. The minimum Gasteiger partial charge on any atom is -0.354 e. The normalized spacial score (nSPS) is 13.5. The quantitative estimate of drug-likeness (QED) is 0.669. The van der Waals surface area contributed by atoms with Gasteiger partial charge in [-0.05, 0) is 25.5 Å². The number of carbonyl (C=O) groups excluding carboxylic acids is 1. The van der Waals surface area contributed by atoms with Gasteiger partial charge in [0.1, 0.15) is 0 Å². The Balaban J connectivity index is 4.28. The largest absolute Gasteiger partial charge is 0.354 e. The molecule has 0 aliphatic heterocycles. The van der Waals surface area contributed by atoms with Gasteiger partial charge in [-0.25, -0.2) is 0 Å². The summed E-state index contributed by atoms with van der Waals surface area (Å²) in [5, 5.41) is 3.07. The van der Waals surface area contributed by atoms with E-state index < -0.39 is 0 Å². The van der Waals surface area contributed by atoms with E-state index >= 15 is 0 Å². The maximum absolute atomic E-state index is 12.0. The predicted molar refractivity (Wildman–Crippen MR) is 77.3 cm³/mol. The van der Waals surface area contributed by atoms with E-state index in [0.717, 1.165) is 32.2 Å². The Bertz CT molecular complexity index is 209. The van der Waals surface area contributed by atoms with E-state index in [4.69, 9.17) is 5.73 Å². The molecule has 0 aromatic rings. The first-order valence-electron chi connectivity index (χ1n) is 6.62. The standard InChI is InChI=1S/C13H28N2OS/c1-5-8-11(9-14)12(16)15-10-13(6-2,7-3)17-4/h11H,5-10,14H2,1-4H3,(H,15,16). The summed E-state index contributed by atoms with van der Waals surface area (Å²) < 4.78 is 0.182. The third-order valence-corrected chi connectivity index (χ3v) is 5.19. The molecule has 0 aromatic carbocycles. The second kappa shape index (κ2) is 8.81. The predicted octanol–water partition coefficient (Wildman–Crippen LogP) is 2.40. The van der Waals surface area contributed by atoms with Crippen LogP contribution >= 0.6 is 11.8 Å². The summed E-state index contributed by atoms with van der Waals surface area (Å²) in [5.41, 5.74) is 5.63. The lowest BCUT2D eigenvalue weighted by molar-refractivity contribution is -0.125. The molecule has 0 radical (unpaired) electrons. The molecule has 0 aromatic heterocycles. The Labute approximate surface area is 110 Å². The molecular weight excluding hydrogens is 232 g/mol. The Morgan fingerprint density at radius 1 is 1.35 bits per heavy atom. The molecule has 0 rings (SSSR count). The lowest BCUT2D eigenvalue weighted by atomic mass is 10.00.